The first-order valence-electron chi connectivity index (χ1n) is 7.50. The van der Waals surface area contributed by atoms with Crippen molar-refractivity contribution in [3.63, 3.8) is 0 Å². The summed E-state index contributed by atoms with van der Waals surface area (Å²) in [5, 5.41) is 14.4. The van der Waals surface area contributed by atoms with Gasteiger partial charge in [0.05, 0.1) is 6.10 Å². The van der Waals surface area contributed by atoms with Crippen LogP contribution in [0.25, 0.3) is 0 Å². The molecule has 0 fully saturated rings. The molecule has 2 unspecified atom stereocenters. The van der Waals surface area contributed by atoms with Gasteiger partial charge in [-0.1, -0.05) is 48.3 Å². The average molecular weight is 370 g/mol. The van der Waals surface area contributed by atoms with Crippen LogP contribution in [-0.2, 0) is 5.75 Å². The number of benzene rings is 2. The average Bonchev–Trinajstić information content (AvgIpc) is 2.54. The summed E-state index contributed by atoms with van der Waals surface area (Å²) in [6, 6.07) is 13.9. The van der Waals surface area contributed by atoms with Gasteiger partial charge in [0.25, 0.3) is 0 Å². The van der Waals surface area contributed by atoms with Crippen molar-refractivity contribution < 1.29 is 5.11 Å². The molecular formula is C18H21Cl2NOS. The maximum Gasteiger partial charge on any atom is 0.0730 e. The van der Waals surface area contributed by atoms with Crippen LogP contribution < -0.4 is 5.32 Å². The van der Waals surface area contributed by atoms with Crippen molar-refractivity contribution in [2.45, 2.75) is 29.6 Å². The van der Waals surface area contributed by atoms with Crippen LogP contribution in [0.1, 0.15) is 24.0 Å². The first kappa shape index (κ1) is 18.6. The predicted octanol–water partition coefficient (Wildman–Crippen LogP) is 4.97. The van der Waals surface area contributed by atoms with Gasteiger partial charge in [0.1, 0.15) is 0 Å². The van der Waals surface area contributed by atoms with Crippen molar-refractivity contribution in [1.82, 2.24) is 5.32 Å². The van der Waals surface area contributed by atoms with E-state index in [-0.39, 0.29) is 12.0 Å². The molecule has 23 heavy (non-hydrogen) atoms. The van der Waals surface area contributed by atoms with E-state index in [2.05, 4.69) is 29.6 Å². The van der Waals surface area contributed by atoms with Crippen molar-refractivity contribution in [3.05, 3.63) is 63.6 Å². The summed E-state index contributed by atoms with van der Waals surface area (Å²) in [6.45, 7) is 2.63. The lowest BCUT2D eigenvalue weighted by Gasteiger charge is -2.19. The van der Waals surface area contributed by atoms with E-state index in [4.69, 9.17) is 23.2 Å². The van der Waals surface area contributed by atoms with Gasteiger partial charge in [0.2, 0.25) is 0 Å². The monoisotopic (exact) mass is 369 g/mol. The molecule has 2 atom stereocenters. The molecule has 0 saturated heterocycles. The Kier molecular flexibility index (Phi) is 7.25. The zero-order valence-corrected chi connectivity index (χ0v) is 15.6. The minimum atomic E-state index is -0.383. The van der Waals surface area contributed by atoms with Crippen molar-refractivity contribution in [3.8, 4) is 0 Å². The Hall–Kier alpha value is -0.710. The highest BCUT2D eigenvalue weighted by atomic mass is 35.5. The lowest BCUT2D eigenvalue weighted by molar-refractivity contribution is 0.149. The van der Waals surface area contributed by atoms with Gasteiger partial charge in [0, 0.05) is 33.2 Å². The van der Waals surface area contributed by atoms with Crippen LogP contribution in [-0.4, -0.2) is 24.8 Å². The highest BCUT2D eigenvalue weighted by molar-refractivity contribution is 7.98. The fourth-order valence-electron chi connectivity index (χ4n) is 2.28. The second kappa shape index (κ2) is 8.95. The zero-order valence-electron chi connectivity index (χ0n) is 13.2. The zero-order chi connectivity index (χ0) is 16.8. The van der Waals surface area contributed by atoms with E-state index in [0.717, 1.165) is 16.9 Å². The van der Waals surface area contributed by atoms with Gasteiger partial charge in [-0.25, -0.2) is 0 Å². The Labute approximate surface area is 152 Å². The first-order valence-corrected chi connectivity index (χ1v) is 9.24. The van der Waals surface area contributed by atoms with Crippen LogP contribution in [0.5, 0.6) is 0 Å². The number of rotatable bonds is 7. The van der Waals surface area contributed by atoms with Gasteiger partial charge in [-0.2, -0.15) is 0 Å². The Morgan fingerprint density at radius 2 is 1.83 bits per heavy atom. The van der Waals surface area contributed by atoms with Gasteiger partial charge in [-0.3, -0.25) is 0 Å². The van der Waals surface area contributed by atoms with Gasteiger partial charge < -0.3 is 10.4 Å². The molecule has 2 aromatic rings. The summed E-state index contributed by atoms with van der Waals surface area (Å²) in [6.07, 6.45) is -0.383. The molecule has 2 rings (SSSR count). The number of likely N-dealkylation sites (N-methyl/N-ethyl adjacent to an activating group) is 1. The number of aliphatic hydroxyl groups is 1. The maximum atomic E-state index is 10.1. The lowest BCUT2D eigenvalue weighted by Crippen LogP contribution is -2.28. The minimum Gasteiger partial charge on any atom is -0.391 e. The van der Waals surface area contributed by atoms with Crippen LogP contribution in [0.15, 0.2) is 47.4 Å². The van der Waals surface area contributed by atoms with Crippen LogP contribution in [0.3, 0.4) is 0 Å². The minimum absolute atomic E-state index is 0.104. The lowest BCUT2D eigenvalue weighted by atomic mass is 9.95. The second-order valence-corrected chi connectivity index (χ2v) is 7.40. The molecule has 0 saturated carbocycles. The van der Waals surface area contributed by atoms with Crippen molar-refractivity contribution in [2.24, 2.45) is 0 Å². The molecule has 2 aromatic carbocycles. The highest BCUT2D eigenvalue weighted by Crippen LogP contribution is 2.29. The van der Waals surface area contributed by atoms with Gasteiger partial charge in [-0.05, 0) is 42.4 Å². The summed E-state index contributed by atoms with van der Waals surface area (Å²) in [5.41, 5.74) is 2.21. The smallest absolute Gasteiger partial charge is 0.0730 e. The van der Waals surface area contributed by atoms with Crippen molar-refractivity contribution >= 4 is 35.0 Å². The number of nitrogens with one attached hydrogen (secondary N) is 1. The fraction of sp³-hybridized carbons (Fsp3) is 0.333. The van der Waals surface area contributed by atoms with E-state index in [9.17, 15) is 5.11 Å². The molecule has 2 nitrogen and oxygen atoms in total. The molecule has 0 spiro atoms. The van der Waals surface area contributed by atoms with Gasteiger partial charge >= 0.3 is 0 Å². The number of hydrogen-bond donors (Lipinski definition) is 2. The molecule has 2 N–H and O–H groups in total. The summed E-state index contributed by atoms with van der Waals surface area (Å²) >= 11 is 13.8. The van der Waals surface area contributed by atoms with Crippen molar-refractivity contribution in [1.29, 1.82) is 0 Å². The summed E-state index contributed by atoms with van der Waals surface area (Å²) < 4.78 is 0. The molecule has 0 aromatic heterocycles. The third kappa shape index (κ3) is 5.40. The topological polar surface area (TPSA) is 32.3 Å². The number of halogens is 2. The third-order valence-electron chi connectivity index (χ3n) is 3.81. The number of hydrogen-bond acceptors (Lipinski definition) is 3. The van der Waals surface area contributed by atoms with Crippen LogP contribution in [0.2, 0.25) is 10.0 Å². The normalized spacial score (nSPS) is 13.8. The molecule has 0 aliphatic carbocycles. The first-order chi connectivity index (χ1) is 11.0. The summed E-state index contributed by atoms with van der Waals surface area (Å²) in [7, 11) is 1.84. The Bertz CT molecular complexity index is 633. The molecule has 0 amide bonds. The summed E-state index contributed by atoms with van der Waals surface area (Å²) in [5.74, 6) is 0.903. The molecule has 0 aliphatic heterocycles. The van der Waals surface area contributed by atoms with Gasteiger partial charge in [0.15, 0.2) is 0 Å². The molecule has 5 heteroatoms. The van der Waals surface area contributed by atoms with E-state index in [0.29, 0.717) is 16.6 Å². The number of aliphatic hydroxyl groups excluding tert-OH is 1. The Morgan fingerprint density at radius 1 is 1.13 bits per heavy atom. The molecule has 0 radical (unpaired) electrons. The quantitative estimate of drug-likeness (QED) is 0.675. The van der Waals surface area contributed by atoms with Crippen LogP contribution in [0, 0.1) is 0 Å². The van der Waals surface area contributed by atoms with Crippen molar-refractivity contribution in [2.75, 3.05) is 13.6 Å². The third-order valence-corrected chi connectivity index (χ3v) is 5.45. The SMILES string of the molecule is CNCC(O)C(C)c1ccc(SCc2ccc(Cl)cc2Cl)cc1. The van der Waals surface area contributed by atoms with E-state index in [1.165, 1.54) is 4.90 Å². The van der Waals surface area contributed by atoms with E-state index >= 15 is 0 Å². The molecule has 0 bridgehead atoms. The molecule has 124 valence electrons. The van der Waals surface area contributed by atoms with E-state index in [1.807, 2.05) is 26.1 Å². The Balaban J connectivity index is 1.97. The summed E-state index contributed by atoms with van der Waals surface area (Å²) in [4.78, 5) is 1.18. The standard InChI is InChI=1S/C18H21Cl2NOS/c1-12(18(22)10-21-2)13-4-7-16(8-5-13)23-11-14-3-6-15(19)9-17(14)20/h3-9,12,18,21-22H,10-11H2,1-2H3. The maximum absolute atomic E-state index is 10.1. The highest BCUT2D eigenvalue weighted by Gasteiger charge is 2.15. The predicted molar refractivity (Wildman–Crippen MR) is 101 cm³/mol. The Morgan fingerprint density at radius 3 is 2.43 bits per heavy atom. The van der Waals surface area contributed by atoms with Gasteiger partial charge in [-0.15, -0.1) is 11.8 Å². The van der Waals surface area contributed by atoms with E-state index in [1.54, 1.807) is 17.8 Å². The molecule has 0 heterocycles. The second-order valence-electron chi connectivity index (χ2n) is 5.51. The fourth-order valence-corrected chi connectivity index (χ4v) is 3.73. The van der Waals surface area contributed by atoms with E-state index < -0.39 is 0 Å². The number of thioether (sulfide) groups is 1. The molecular weight excluding hydrogens is 349 g/mol. The van der Waals surface area contributed by atoms with Crippen LogP contribution >= 0.6 is 35.0 Å². The van der Waals surface area contributed by atoms with Crippen LogP contribution in [0.4, 0.5) is 0 Å². The largest absolute Gasteiger partial charge is 0.391 e. The molecule has 0 aliphatic rings.